The van der Waals surface area contributed by atoms with Gasteiger partial charge in [-0.05, 0) is 12.8 Å². The molecule has 1 aromatic rings. The van der Waals surface area contributed by atoms with E-state index in [2.05, 4.69) is 25.1 Å². The number of nitrogens with zero attached hydrogens (tertiary/aromatic N) is 4. The van der Waals surface area contributed by atoms with Crippen LogP contribution in [0.2, 0.25) is 0 Å². The summed E-state index contributed by atoms with van der Waals surface area (Å²) in [5, 5.41) is 3.05. The zero-order valence-electron chi connectivity index (χ0n) is 14.0. The molecule has 1 spiro atoms. The van der Waals surface area contributed by atoms with Crippen molar-refractivity contribution >= 4 is 11.9 Å². The van der Waals surface area contributed by atoms with E-state index in [9.17, 15) is 4.79 Å². The van der Waals surface area contributed by atoms with Crippen molar-refractivity contribution in [3.8, 4) is 0 Å². The molecule has 4 rings (SSSR count). The van der Waals surface area contributed by atoms with Crippen molar-refractivity contribution in [3.63, 3.8) is 0 Å². The second-order valence-electron chi connectivity index (χ2n) is 6.91. The van der Waals surface area contributed by atoms with Crippen molar-refractivity contribution in [2.45, 2.75) is 37.8 Å². The van der Waals surface area contributed by atoms with E-state index in [-0.39, 0.29) is 11.4 Å². The van der Waals surface area contributed by atoms with E-state index in [1.807, 2.05) is 12.4 Å². The van der Waals surface area contributed by atoms with Crippen LogP contribution in [-0.2, 0) is 16.1 Å². The summed E-state index contributed by atoms with van der Waals surface area (Å²) in [6, 6.07) is 0. The molecule has 3 aliphatic rings. The number of aromatic nitrogens is 2. The lowest BCUT2D eigenvalue weighted by Crippen LogP contribution is -2.63. The molecule has 24 heavy (non-hydrogen) atoms. The fourth-order valence-corrected chi connectivity index (χ4v) is 4.14. The summed E-state index contributed by atoms with van der Waals surface area (Å²) >= 11 is 0. The zero-order valence-corrected chi connectivity index (χ0v) is 14.0. The number of rotatable bonds is 3. The van der Waals surface area contributed by atoms with Crippen molar-refractivity contribution in [2.75, 3.05) is 44.3 Å². The molecular formula is C17H25N5O2. The topological polar surface area (TPSA) is 70.6 Å². The van der Waals surface area contributed by atoms with Crippen LogP contribution >= 0.6 is 0 Å². The maximum Gasteiger partial charge on any atom is 0.240 e. The van der Waals surface area contributed by atoms with Crippen LogP contribution in [0.1, 0.15) is 31.2 Å². The van der Waals surface area contributed by atoms with Crippen LogP contribution in [0.5, 0.6) is 0 Å². The molecule has 2 saturated heterocycles. The summed E-state index contributed by atoms with van der Waals surface area (Å²) in [7, 11) is 0. The van der Waals surface area contributed by atoms with Crippen LogP contribution in [0.4, 0.5) is 5.95 Å². The first-order valence-electron chi connectivity index (χ1n) is 8.95. The Labute approximate surface area is 142 Å². The minimum atomic E-state index is -0.304. The van der Waals surface area contributed by atoms with Gasteiger partial charge in [0.2, 0.25) is 11.9 Å². The van der Waals surface area contributed by atoms with Gasteiger partial charge in [0.15, 0.2) is 0 Å². The van der Waals surface area contributed by atoms with Crippen LogP contribution in [-0.4, -0.2) is 65.7 Å². The lowest BCUT2D eigenvalue weighted by atomic mass is 9.91. The fourth-order valence-electron chi connectivity index (χ4n) is 4.14. The van der Waals surface area contributed by atoms with Gasteiger partial charge in [-0.3, -0.25) is 9.69 Å². The number of carbonyl (C=O) groups excluding carboxylic acids is 1. The van der Waals surface area contributed by atoms with Crippen LogP contribution in [0.3, 0.4) is 0 Å². The average Bonchev–Trinajstić information content (AvgIpc) is 3.12. The Morgan fingerprint density at radius 2 is 1.83 bits per heavy atom. The third-order valence-corrected chi connectivity index (χ3v) is 5.49. The minimum absolute atomic E-state index is 0.206. The molecule has 130 valence electrons. The molecule has 3 fully saturated rings. The molecule has 0 bridgehead atoms. The van der Waals surface area contributed by atoms with Crippen LogP contribution in [0, 0.1) is 0 Å². The largest absolute Gasteiger partial charge is 0.378 e. The van der Waals surface area contributed by atoms with Gasteiger partial charge in [-0.25, -0.2) is 9.97 Å². The average molecular weight is 331 g/mol. The monoisotopic (exact) mass is 331 g/mol. The van der Waals surface area contributed by atoms with Crippen molar-refractivity contribution in [1.82, 2.24) is 20.2 Å². The SMILES string of the molecule is O=C1NCCN(Cc2cnc(N3CCOCC3)nc2)C12CCCC2. The molecular weight excluding hydrogens is 306 g/mol. The quantitative estimate of drug-likeness (QED) is 0.873. The third kappa shape index (κ3) is 2.86. The highest BCUT2D eigenvalue weighted by Gasteiger charge is 2.47. The van der Waals surface area contributed by atoms with E-state index in [0.717, 1.165) is 83.1 Å². The van der Waals surface area contributed by atoms with Crippen LogP contribution < -0.4 is 10.2 Å². The van der Waals surface area contributed by atoms with Gasteiger partial charge in [-0.15, -0.1) is 0 Å². The Bertz CT molecular complexity index is 579. The highest BCUT2D eigenvalue weighted by atomic mass is 16.5. The van der Waals surface area contributed by atoms with E-state index in [0.29, 0.717) is 0 Å². The summed E-state index contributed by atoms with van der Waals surface area (Å²) in [5.74, 6) is 0.978. The van der Waals surface area contributed by atoms with E-state index >= 15 is 0 Å². The maximum atomic E-state index is 12.5. The highest BCUT2D eigenvalue weighted by molar-refractivity contribution is 5.87. The normalized spacial score (nSPS) is 24.3. The Kier molecular flexibility index (Phi) is 4.37. The predicted molar refractivity (Wildman–Crippen MR) is 89.7 cm³/mol. The molecule has 1 amide bonds. The number of amides is 1. The Morgan fingerprint density at radius 1 is 1.12 bits per heavy atom. The molecule has 1 aromatic heterocycles. The molecule has 7 heteroatoms. The number of hydrogen-bond donors (Lipinski definition) is 1. The third-order valence-electron chi connectivity index (χ3n) is 5.49. The highest BCUT2D eigenvalue weighted by Crippen LogP contribution is 2.37. The Morgan fingerprint density at radius 3 is 2.54 bits per heavy atom. The van der Waals surface area contributed by atoms with Crippen LogP contribution in [0.25, 0.3) is 0 Å². The molecule has 1 N–H and O–H groups in total. The Hall–Kier alpha value is -1.73. The molecule has 3 heterocycles. The number of carbonyl (C=O) groups is 1. The summed E-state index contributed by atoms with van der Waals surface area (Å²) in [6.07, 6.45) is 8.02. The number of anilines is 1. The summed E-state index contributed by atoms with van der Waals surface area (Å²) < 4.78 is 5.37. The molecule has 0 radical (unpaired) electrons. The van der Waals surface area contributed by atoms with Crippen LogP contribution in [0.15, 0.2) is 12.4 Å². The number of hydrogen-bond acceptors (Lipinski definition) is 6. The lowest BCUT2D eigenvalue weighted by molar-refractivity contribution is -0.137. The van der Waals surface area contributed by atoms with Gasteiger partial charge in [-0.1, -0.05) is 12.8 Å². The summed E-state index contributed by atoms with van der Waals surface area (Å²) in [5.41, 5.74) is 0.772. The zero-order chi connectivity index (χ0) is 16.4. The molecule has 7 nitrogen and oxygen atoms in total. The van der Waals surface area contributed by atoms with E-state index in [4.69, 9.17) is 4.74 Å². The smallest absolute Gasteiger partial charge is 0.240 e. The van der Waals surface area contributed by atoms with Gasteiger partial charge in [0.25, 0.3) is 0 Å². The van der Waals surface area contributed by atoms with E-state index in [1.165, 1.54) is 0 Å². The minimum Gasteiger partial charge on any atom is -0.378 e. The van der Waals surface area contributed by atoms with Gasteiger partial charge in [0.05, 0.1) is 13.2 Å². The number of piperazine rings is 1. The molecule has 2 aliphatic heterocycles. The maximum absolute atomic E-state index is 12.5. The van der Waals surface area contributed by atoms with Crippen molar-refractivity contribution in [3.05, 3.63) is 18.0 Å². The number of morpholine rings is 1. The van der Waals surface area contributed by atoms with Gasteiger partial charge in [0, 0.05) is 50.7 Å². The standard InChI is InChI=1S/C17H25N5O2/c23-15-17(3-1-2-4-17)22(6-5-18-15)13-14-11-19-16(20-12-14)21-7-9-24-10-8-21/h11-12H,1-10,13H2,(H,18,23). The predicted octanol–water partition coefficient (Wildman–Crippen LogP) is 0.558. The van der Waals surface area contributed by atoms with Crippen molar-refractivity contribution in [1.29, 1.82) is 0 Å². The first-order chi connectivity index (χ1) is 11.8. The molecule has 0 aromatic carbocycles. The second kappa shape index (κ2) is 6.64. The lowest BCUT2D eigenvalue weighted by Gasteiger charge is -2.43. The fraction of sp³-hybridized carbons (Fsp3) is 0.706. The molecule has 1 aliphatic carbocycles. The Balaban J connectivity index is 1.47. The van der Waals surface area contributed by atoms with Crippen molar-refractivity contribution < 1.29 is 9.53 Å². The van der Waals surface area contributed by atoms with Gasteiger partial charge >= 0.3 is 0 Å². The summed E-state index contributed by atoms with van der Waals surface area (Å²) in [4.78, 5) is 26.0. The number of ether oxygens (including phenoxy) is 1. The molecule has 0 atom stereocenters. The number of nitrogens with one attached hydrogen (secondary N) is 1. The molecule has 0 unspecified atom stereocenters. The van der Waals surface area contributed by atoms with Crippen molar-refractivity contribution in [2.24, 2.45) is 0 Å². The van der Waals surface area contributed by atoms with Gasteiger partial charge in [-0.2, -0.15) is 0 Å². The first kappa shape index (κ1) is 15.8. The van der Waals surface area contributed by atoms with Gasteiger partial charge < -0.3 is 15.0 Å². The summed E-state index contributed by atoms with van der Waals surface area (Å²) in [6.45, 7) is 5.53. The van der Waals surface area contributed by atoms with E-state index < -0.39 is 0 Å². The van der Waals surface area contributed by atoms with E-state index in [1.54, 1.807) is 0 Å². The molecule has 1 saturated carbocycles. The first-order valence-corrected chi connectivity index (χ1v) is 8.95. The second-order valence-corrected chi connectivity index (χ2v) is 6.91. The van der Waals surface area contributed by atoms with Gasteiger partial charge in [0.1, 0.15) is 5.54 Å².